The zero-order valence-corrected chi connectivity index (χ0v) is 12.0. The van der Waals surface area contributed by atoms with E-state index in [0.717, 1.165) is 19.5 Å². The summed E-state index contributed by atoms with van der Waals surface area (Å²) in [4.78, 5) is 20.7. The molecule has 0 radical (unpaired) electrons. The Morgan fingerprint density at radius 2 is 2.40 bits per heavy atom. The number of likely N-dealkylation sites (tertiary alicyclic amines) is 1. The lowest BCUT2D eigenvalue weighted by Crippen LogP contribution is -2.35. The molecule has 0 aromatic carbocycles. The first-order valence-electron chi connectivity index (χ1n) is 6.73. The minimum Gasteiger partial charge on any atom is -0.336 e. The predicted molar refractivity (Wildman–Crippen MR) is 78.2 cm³/mol. The molecule has 5 nitrogen and oxygen atoms in total. The highest BCUT2D eigenvalue weighted by Crippen LogP contribution is 2.17. The third-order valence-corrected chi connectivity index (χ3v) is 3.52. The highest BCUT2D eigenvalue weighted by atomic mass is 16.2. The fourth-order valence-electron chi connectivity index (χ4n) is 2.32. The van der Waals surface area contributed by atoms with Crippen LogP contribution in [0.25, 0.3) is 0 Å². The average Bonchev–Trinajstić information content (AvgIpc) is 2.94. The van der Waals surface area contributed by atoms with E-state index in [1.54, 1.807) is 12.3 Å². The molecule has 0 spiro atoms. The predicted octanol–water partition coefficient (Wildman–Crippen LogP) is 0.168. The molecular weight excluding hydrogens is 252 g/mol. The van der Waals surface area contributed by atoms with E-state index in [1.165, 1.54) is 0 Å². The maximum absolute atomic E-state index is 12.5. The molecule has 0 saturated carbocycles. The average molecular weight is 272 g/mol. The van der Waals surface area contributed by atoms with Gasteiger partial charge in [-0.3, -0.25) is 4.79 Å². The Balaban J connectivity index is 2.18. The number of carbonyl (C=O) groups excluding carboxylic acids is 1. The third-order valence-electron chi connectivity index (χ3n) is 3.52. The van der Waals surface area contributed by atoms with Crippen LogP contribution < -0.4 is 5.73 Å². The number of amides is 1. The molecule has 0 bridgehead atoms. The Morgan fingerprint density at radius 1 is 1.60 bits per heavy atom. The Hall–Kier alpha value is -1.90. The van der Waals surface area contributed by atoms with Gasteiger partial charge in [-0.15, -0.1) is 0 Å². The minimum atomic E-state index is -0.0451. The fourth-order valence-corrected chi connectivity index (χ4v) is 2.32. The molecular formula is C15H20N4O. The molecule has 1 aromatic rings. The number of nitrogens with zero attached hydrogens (tertiary/aromatic N) is 3. The number of nitrogens with two attached hydrogens (primary N) is 1. The van der Waals surface area contributed by atoms with Gasteiger partial charge in [0.05, 0.1) is 12.1 Å². The van der Waals surface area contributed by atoms with Crippen molar-refractivity contribution in [2.45, 2.75) is 12.5 Å². The summed E-state index contributed by atoms with van der Waals surface area (Å²) in [5, 5.41) is 0. The van der Waals surface area contributed by atoms with Crippen LogP contribution in [0.2, 0.25) is 0 Å². The van der Waals surface area contributed by atoms with E-state index in [2.05, 4.69) is 21.7 Å². The van der Waals surface area contributed by atoms with E-state index < -0.39 is 0 Å². The summed E-state index contributed by atoms with van der Waals surface area (Å²) >= 11 is 0. The second-order valence-electron chi connectivity index (χ2n) is 5.06. The van der Waals surface area contributed by atoms with Gasteiger partial charge in [0.2, 0.25) is 0 Å². The minimum absolute atomic E-state index is 0.0451. The van der Waals surface area contributed by atoms with E-state index in [9.17, 15) is 4.79 Å². The molecule has 1 aromatic heterocycles. The van der Waals surface area contributed by atoms with Crippen LogP contribution in [-0.4, -0.2) is 60.5 Å². The van der Waals surface area contributed by atoms with Crippen molar-refractivity contribution in [3.8, 4) is 11.8 Å². The summed E-state index contributed by atoms with van der Waals surface area (Å²) in [5.41, 5.74) is 6.45. The molecule has 106 valence electrons. The van der Waals surface area contributed by atoms with E-state index >= 15 is 0 Å². The molecule has 1 saturated heterocycles. The normalized spacial score (nSPS) is 18.0. The van der Waals surface area contributed by atoms with Crippen LogP contribution >= 0.6 is 0 Å². The molecule has 20 heavy (non-hydrogen) atoms. The van der Waals surface area contributed by atoms with E-state index in [4.69, 9.17) is 5.73 Å². The van der Waals surface area contributed by atoms with Crippen LogP contribution in [0, 0.1) is 11.8 Å². The number of aromatic nitrogens is 1. The zero-order valence-electron chi connectivity index (χ0n) is 12.0. The number of hydrogen-bond acceptors (Lipinski definition) is 4. The summed E-state index contributed by atoms with van der Waals surface area (Å²) in [6.07, 6.45) is 2.62. The van der Waals surface area contributed by atoms with Gasteiger partial charge in [0, 0.05) is 25.3 Å². The molecule has 1 amide bonds. The van der Waals surface area contributed by atoms with Crippen molar-refractivity contribution >= 4 is 5.91 Å². The van der Waals surface area contributed by atoms with Gasteiger partial charge in [-0.2, -0.15) is 0 Å². The second kappa shape index (κ2) is 6.51. The first kappa shape index (κ1) is 14.5. The maximum Gasteiger partial charge on any atom is 0.273 e. The van der Waals surface area contributed by atoms with Crippen LogP contribution in [0.4, 0.5) is 0 Å². The number of hydrogen-bond donors (Lipinski definition) is 1. The second-order valence-corrected chi connectivity index (χ2v) is 5.06. The maximum atomic E-state index is 12.5. The van der Waals surface area contributed by atoms with Gasteiger partial charge in [0.25, 0.3) is 5.91 Å². The molecule has 1 fully saturated rings. The first-order valence-corrected chi connectivity index (χ1v) is 6.73. The van der Waals surface area contributed by atoms with Gasteiger partial charge in [-0.1, -0.05) is 11.8 Å². The summed E-state index contributed by atoms with van der Waals surface area (Å²) in [5.74, 6) is 5.65. The summed E-state index contributed by atoms with van der Waals surface area (Å²) < 4.78 is 0. The number of pyridine rings is 1. The molecule has 2 rings (SSSR count). The Morgan fingerprint density at radius 3 is 3.05 bits per heavy atom. The quantitative estimate of drug-likeness (QED) is 0.780. The van der Waals surface area contributed by atoms with Crippen molar-refractivity contribution in [3.05, 3.63) is 29.6 Å². The SMILES string of the molecule is CN(C)C1CCN(C(=O)c2ncccc2C#CCN)C1. The van der Waals surface area contributed by atoms with Crippen LogP contribution in [0.15, 0.2) is 18.3 Å². The molecule has 1 unspecified atom stereocenters. The summed E-state index contributed by atoms with van der Waals surface area (Å²) in [6, 6.07) is 4.01. The van der Waals surface area contributed by atoms with Crippen LogP contribution in [0.3, 0.4) is 0 Å². The molecule has 1 aliphatic rings. The summed E-state index contributed by atoms with van der Waals surface area (Å²) in [7, 11) is 4.08. The number of rotatable bonds is 2. The highest BCUT2D eigenvalue weighted by Gasteiger charge is 2.29. The topological polar surface area (TPSA) is 62.5 Å². The Bertz CT molecular complexity index is 544. The monoisotopic (exact) mass is 272 g/mol. The van der Waals surface area contributed by atoms with E-state index in [0.29, 0.717) is 17.3 Å². The van der Waals surface area contributed by atoms with E-state index in [1.807, 2.05) is 25.1 Å². The lowest BCUT2D eigenvalue weighted by Gasteiger charge is -2.20. The lowest BCUT2D eigenvalue weighted by molar-refractivity contribution is 0.0777. The van der Waals surface area contributed by atoms with Crippen LogP contribution in [0.5, 0.6) is 0 Å². The number of likely N-dealkylation sites (N-methyl/N-ethyl adjacent to an activating group) is 1. The van der Waals surface area contributed by atoms with Crippen molar-refractivity contribution in [3.63, 3.8) is 0 Å². The Kier molecular flexibility index (Phi) is 4.72. The zero-order chi connectivity index (χ0) is 14.5. The Labute approximate surface area is 119 Å². The summed E-state index contributed by atoms with van der Waals surface area (Å²) in [6.45, 7) is 1.78. The standard InChI is InChI=1S/C15H20N4O/c1-18(2)13-7-10-19(11-13)15(20)14-12(5-3-8-16)6-4-9-17-14/h4,6,9,13H,7-8,10-11,16H2,1-2H3. The third kappa shape index (κ3) is 3.16. The van der Waals surface area contributed by atoms with Crippen molar-refractivity contribution < 1.29 is 4.79 Å². The van der Waals surface area contributed by atoms with E-state index in [-0.39, 0.29) is 12.5 Å². The largest absolute Gasteiger partial charge is 0.336 e. The lowest BCUT2D eigenvalue weighted by atomic mass is 10.2. The van der Waals surface area contributed by atoms with Gasteiger partial charge in [-0.25, -0.2) is 4.98 Å². The van der Waals surface area contributed by atoms with Gasteiger partial charge in [-0.05, 0) is 32.6 Å². The molecule has 1 atom stereocenters. The van der Waals surface area contributed by atoms with Gasteiger partial charge in [0.1, 0.15) is 5.69 Å². The van der Waals surface area contributed by atoms with Gasteiger partial charge in [0.15, 0.2) is 0 Å². The first-order chi connectivity index (χ1) is 9.63. The van der Waals surface area contributed by atoms with Crippen LogP contribution in [0.1, 0.15) is 22.5 Å². The number of carbonyl (C=O) groups is 1. The molecule has 2 heterocycles. The van der Waals surface area contributed by atoms with Gasteiger partial charge < -0.3 is 15.5 Å². The molecule has 1 aliphatic heterocycles. The highest BCUT2D eigenvalue weighted by molar-refractivity contribution is 5.95. The van der Waals surface area contributed by atoms with Gasteiger partial charge >= 0.3 is 0 Å². The smallest absolute Gasteiger partial charge is 0.273 e. The molecule has 0 aliphatic carbocycles. The molecule has 5 heteroatoms. The molecule has 2 N–H and O–H groups in total. The van der Waals surface area contributed by atoms with Crippen molar-refractivity contribution in [2.75, 3.05) is 33.7 Å². The van der Waals surface area contributed by atoms with Crippen molar-refractivity contribution in [1.29, 1.82) is 0 Å². The fraction of sp³-hybridized carbons (Fsp3) is 0.467. The van der Waals surface area contributed by atoms with Crippen molar-refractivity contribution in [2.24, 2.45) is 5.73 Å². The van der Waals surface area contributed by atoms with Crippen LogP contribution in [-0.2, 0) is 0 Å². The van der Waals surface area contributed by atoms with Crippen molar-refractivity contribution in [1.82, 2.24) is 14.8 Å².